The molecule has 0 spiro atoms. The average Bonchev–Trinajstić information content (AvgIpc) is 3.06. The van der Waals surface area contributed by atoms with E-state index in [9.17, 15) is 5.11 Å². The van der Waals surface area contributed by atoms with Crippen molar-refractivity contribution in [3.8, 4) is 11.1 Å². The second-order valence-corrected chi connectivity index (χ2v) is 11.3. The molecule has 0 fully saturated rings. The second-order valence-electron chi connectivity index (χ2n) is 11.3. The zero-order chi connectivity index (χ0) is 30.5. The molecule has 0 saturated heterocycles. The van der Waals surface area contributed by atoms with E-state index in [1.54, 1.807) is 0 Å². The van der Waals surface area contributed by atoms with Gasteiger partial charge in [-0.2, -0.15) is 0 Å². The summed E-state index contributed by atoms with van der Waals surface area (Å²) in [5.41, 5.74) is 13.6. The molecule has 6 aromatic rings. The van der Waals surface area contributed by atoms with Crippen LogP contribution in [0.15, 0.2) is 146 Å². The minimum Gasteiger partial charge on any atom is -0.392 e. The maximum Gasteiger partial charge on any atom is 0.0681 e. The molecule has 3 nitrogen and oxygen atoms in total. The van der Waals surface area contributed by atoms with Gasteiger partial charge in [-0.25, -0.2) is 0 Å². The molecule has 0 aliphatic carbocycles. The molecule has 0 heterocycles. The highest BCUT2D eigenvalue weighted by atomic mass is 16.3. The maximum atomic E-state index is 9.55. The lowest BCUT2D eigenvalue weighted by atomic mass is 10.0. The van der Waals surface area contributed by atoms with Gasteiger partial charge in [-0.1, -0.05) is 79.7 Å². The van der Waals surface area contributed by atoms with Gasteiger partial charge in [0.25, 0.3) is 0 Å². The first-order valence-electron chi connectivity index (χ1n) is 15.3. The Labute approximate surface area is 261 Å². The van der Waals surface area contributed by atoms with Gasteiger partial charge in [0, 0.05) is 34.1 Å². The average molecular weight is 575 g/mol. The third kappa shape index (κ3) is 6.29. The Morgan fingerprint density at radius 3 is 1.14 bits per heavy atom. The summed E-state index contributed by atoms with van der Waals surface area (Å²) in [4.78, 5) is 4.58. The summed E-state index contributed by atoms with van der Waals surface area (Å²) < 4.78 is 0. The van der Waals surface area contributed by atoms with E-state index in [1.807, 2.05) is 12.1 Å². The van der Waals surface area contributed by atoms with Crippen LogP contribution >= 0.6 is 0 Å². The molecule has 1 N–H and O–H groups in total. The van der Waals surface area contributed by atoms with Crippen molar-refractivity contribution in [1.82, 2.24) is 0 Å². The Kier molecular flexibility index (Phi) is 8.58. The van der Waals surface area contributed by atoms with E-state index < -0.39 is 0 Å². The van der Waals surface area contributed by atoms with Gasteiger partial charge < -0.3 is 14.9 Å². The van der Waals surface area contributed by atoms with Crippen molar-refractivity contribution in [3.05, 3.63) is 168 Å². The molecule has 0 bridgehead atoms. The Morgan fingerprint density at radius 1 is 0.432 bits per heavy atom. The molecule has 44 heavy (non-hydrogen) atoms. The van der Waals surface area contributed by atoms with Crippen molar-refractivity contribution < 1.29 is 5.11 Å². The van der Waals surface area contributed by atoms with E-state index in [0.717, 1.165) is 51.7 Å². The Balaban J connectivity index is 1.32. The fourth-order valence-corrected chi connectivity index (χ4v) is 5.67. The number of hydrogen-bond acceptors (Lipinski definition) is 3. The van der Waals surface area contributed by atoms with Crippen molar-refractivity contribution in [3.63, 3.8) is 0 Å². The Hall–Kier alpha value is -5.12. The summed E-state index contributed by atoms with van der Waals surface area (Å²) in [7, 11) is 0. The Bertz CT molecular complexity index is 1680. The zero-order valence-corrected chi connectivity index (χ0v) is 25.6. The number of aliphatic hydroxyl groups excluding tert-OH is 1. The minimum atomic E-state index is 0.0338. The first-order valence-corrected chi connectivity index (χ1v) is 15.3. The fraction of sp³-hybridized carbons (Fsp3) is 0.122. The van der Waals surface area contributed by atoms with Gasteiger partial charge in [0.1, 0.15) is 0 Å². The van der Waals surface area contributed by atoms with Crippen LogP contribution in [0.2, 0.25) is 0 Å². The van der Waals surface area contributed by atoms with Crippen LogP contribution in [0.25, 0.3) is 11.1 Å². The third-order valence-corrected chi connectivity index (χ3v) is 8.08. The van der Waals surface area contributed by atoms with E-state index >= 15 is 0 Å². The van der Waals surface area contributed by atoms with Gasteiger partial charge in [-0.05, 0) is 126 Å². The molecule has 218 valence electrons. The smallest absolute Gasteiger partial charge is 0.0681 e. The van der Waals surface area contributed by atoms with Gasteiger partial charge in [0.15, 0.2) is 0 Å². The molecule has 6 rings (SSSR count). The van der Waals surface area contributed by atoms with Crippen molar-refractivity contribution in [2.75, 3.05) is 9.80 Å². The predicted molar refractivity (Wildman–Crippen MR) is 186 cm³/mol. The summed E-state index contributed by atoms with van der Waals surface area (Å²) in [6.07, 6.45) is 1.02. The summed E-state index contributed by atoms with van der Waals surface area (Å²) in [5, 5.41) is 9.55. The topological polar surface area (TPSA) is 26.7 Å². The van der Waals surface area contributed by atoms with Crippen molar-refractivity contribution in [2.45, 2.75) is 33.8 Å². The van der Waals surface area contributed by atoms with Gasteiger partial charge >= 0.3 is 0 Å². The third-order valence-electron chi connectivity index (χ3n) is 8.08. The van der Waals surface area contributed by atoms with Crippen LogP contribution in [0.1, 0.15) is 29.2 Å². The Morgan fingerprint density at radius 2 is 0.795 bits per heavy atom. The van der Waals surface area contributed by atoms with Gasteiger partial charge in [0.2, 0.25) is 0 Å². The molecule has 0 saturated carbocycles. The lowest BCUT2D eigenvalue weighted by Crippen LogP contribution is -2.10. The first kappa shape index (κ1) is 29.0. The van der Waals surface area contributed by atoms with E-state index in [1.165, 1.54) is 22.3 Å². The summed E-state index contributed by atoms with van der Waals surface area (Å²) in [6.45, 7) is 6.47. The number of aliphatic hydroxyl groups is 1. The van der Waals surface area contributed by atoms with Crippen LogP contribution in [0, 0.1) is 13.8 Å². The lowest BCUT2D eigenvalue weighted by molar-refractivity contribution is 0.282. The van der Waals surface area contributed by atoms with Crippen LogP contribution in [0.4, 0.5) is 34.1 Å². The molecule has 0 amide bonds. The van der Waals surface area contributed by atoms with Gasteiger partial charge in [0.05, 0.1) is 6.61 Å². The maximum absolute atomic E-state index is 9.55. The zero-order valence-electron chi connectivity index (χ0n) is 25.6. The highest BCUT2D eigenvalue weighted by Gasteiger charge is 2.15. The predicted octanol–water partition coefficient (Wildman–Crippen LogP) is 11.0. The normalized spacial score (nSPS) is 10.9. The van der Waals surface area contributed by atoms with Crippen LogP contribution in [-0.4, -0.2) is 5.11 Å². The number of anilines is 6. The molecule has 0 aliphatic rings. The van der Waals surface area contributed by atoms with E-state index in [0.29, 0.717) is 0 Å². The van der Waals surface area contributed by atoms with E-state index in [-0.39, 0.29) is 6.61 Å². The number of nitrogens with zero attached hydrogens (tertiary/aromatic N) is 2. The molecular formula is C41H38N2O. The molecule has 0 radical (unpaired) electrons. The number of hydrogen-bond donors (Lipinski definition) is 1. The molecule has 6 aromatic carbocycles. The van der Waals surface area contributed by atoms with Crippen LogP contribution in [-0.2, 0) is 13.0 Å². The standard InChI is InChI=1S/C41H38N2O/c1-4-32-11-19-36(20-12-32)42(40-9-5-7-30(2)27-40)38-23-15-34(16-24-38)35-17-25-39(26-18-35)43(41-10-6-8-31(3)28-41)37-21-13-33(29-44)14-22-37/h5-28,44H,4,29H2,1-3H3. The SMILES string of the molecule is CCc1ccc(N(c2ccc(-c3ccc(N(c4ccc(CO)cc4)c4cccc(C)c4)cc3)cc2)c2cccc(C)c2)cc1. The summed E-state index contributed by atoms with van der Waals surface area (Å²) in [6, 6.07) is 51.7. The molecule has 3 heteroatoms. The first-order chi connectivity index (χ1) is 21.5. The monoisotopic (exact) mass is 574 g/mol. The number of aryl methyl sites for hydroxylation is 3. The van der Waals surface area contributed by atoms with E-state index in [2.05, 4.69) is 164 Å². The van der Waals surface area contributed by atoms with Gasteiger partial charge in [-0.3, -0.25) is 0 Å². The van der Waals surface area contributed by atoms with Gasteiger partial charge in [-0.15, -0.1) is 0 Å². The minimum absolute atomic E-state index is 0.0338. The largest absolute Gasteiger partial charge is 0.392 e. The quantitative estimate of drug-likeness (QED) is 0.186. The van der Waals surface area contributed by atoms with Crippen LogP contribution in [0.3, 0.4) is 0 Å². The lowest BCUT2D eigenvalue weighted by Gasteiger charge is -2.27. The summed E-state index contributed by atoms with van der Waals surface area (Å²) >= 11 is 0. The number of benzene rings is 6. The van der Waals surface area contributed by atoms with E-state index in [4.69, 9.17) is 0 Å². The molecule has 0 unspecified atom stereocenters. The van der Waals surface area contributed by atoms with Crippen molar-refractivity contribution >= 4 is 34.1 Å². The molecule has 0 aromatic heterocycles. The molecular weight excluding hydrogens is 536 g/mol. The van der Waals surface area contributed by atoms with Crippen LogP contribution < -0.4 is 9.80 Å². The molecule has 0 aliphatic heterocycles. The highest BCUT2D eigenvalue weighted by molar-refractivity contribution is 5.81. The highest BCUT2D eigenvalue weighted by Crippen LogP contribution is 2.38. The summed E-state index contributed by atoms with van der Waals surface area (Å²) in [5.74, 6) is 0. The number of rotatable bonds is 9. The van der Waals surface area contributed by atoms with Crippen LogP contribution in [0.5, 0.6) is 0 Å². The second kappa shape index (κ2) is 13.0. The van der Waals surface area contributed by atoms with Crippen molar-refractivity contribution in [2.24, 2.45) is 0 Å². The van der Waals surface area contributed by atoms with Crippen molar-refractivity contribution in [1.29, 1.82) is 0 Å². The fourth-order valence-electron chi connectivity index (χ4n) is 5.67. The molecule has 0 atom stereocenters.